The fourth-order valence-electron chi connectivity index (χ4n) is 3.51. The Morgan fingerprint density at radius 2 is 2.26 bits per heavy atom. The second-order valence-electron chi connectivity index (χ2n) is 6.09. The van der Waals surface area contributed by atoms with Crippen molar-refractivity contribution in [1.82, 2.24) is 9.29 Å². The van der Waals surface area contributed by atoms with Crippen LogP contribution < -0.4 is 4.90 Å². The van der Waals surface area contributed by atoms with Gasteiger partial charge in [-0.2, -0.15) is 0 Å². The van der Waals surface area contributed by atoms with Gasteiger partial charge >= 0.3 is 0 Å². The molecule has 0 saturated carbocycles. The molecule has 0 bridgehead atoms. The predicted octanol–water partition coefficient (Wildman–Crippen LogP) is 3.34. The lowest BCUT2D eigenvalue weighted by atomic mass is 10.0. The zero-order valence-electron chi connectivity index (χ0n) is 13.6. The van der Waals surface area contributed by atoms with Crippen molar-refractivity contribution in [2.45, 2.75) is 32.7 Å². The molecule has 1 aromatic carbocycles. The number of hydrogen-bond donors (Lipinski definition) is 2. The first kappa shape index (κ1) is 16.1. The van der Waals surface area contributed by atoms with E-state index in [4.69, 9.17) is 0 Å². The molecule has 0 aliphatic carbocycles. The molecule has 2 heterocycles. The molecule has 124 valence electrons. The van der Waals surface area contributed by atoms with Crippen molar-refractivity contribution < 1.29 is 8.76 Å². The van der Waals surface area contributed by atoms with Gasteiger partial charge in [0.05, 0.1) is 6.04 Å². The van der Waals surface area contributed by atoms with Crippen LogP contribution in [0.25, 0.3) is 10.9 Å². The summed E-state index contributed by atoms with van der Waals surface area (Å²) in [4.78, 5) is 5.75. The summed E-state index contributed by atoms with van der Waals surface area (Å²) in [7, 11) is 0. The Morgan fingerprint density at radius 1 is 1.48 bits per heavy atom. The number of piperidine rings is 1. The molecule has 1 aliphatic heterocycles. The predicted molar refractivity (Wildman–Crippen MR) is 95.8 cm³/mol. The van der Waals surface area contributed by atoms with Gasteiger partial charge in [0, 0.05) is 41.6 Å². The number of hydrogen-bond acceptors (Lipinski definition) is 2. The lowest BCUT2D eigenvalue weighted by Crippen LogP contribution is -2.46. The van der Waals surface area contributed by atoms with Crippen molar-refractivity contribution in [3.05, 3.63) is 42.2 Å². The molecule has 1 fully saturated rings. The number of nitrogens with zero attached hydrogens (tertiary/aromatic N) is 2. The minimum atomic E-state index is -2.02. The van der Waals surface area contributed by atoms with Gasteiger partial charge in [0.1, 0.15) is 0 Å². The highest BCUT2D eigenvalue weighted by Gasteiger charge is 2.27. The molecule has 6 heteroatoms. The lowest BCUT2D eigenvalue weighted by molar-refractivity contribution is 0.337. The molecular formula is C17H23N3O2S. The SMILES string of the molecule is C=CN([C@@H]1CCCN(c2cccc3[nH]c(C)c(C)c23)C1)S(=O)O. The van der Waals surface area contributed by atoms with Crippen molar-refractivity contribution in [1.29, 1.82) is 0 Å². The smallest absolute Gasteiger partial charge is 0.261 e. The van der Waals surface area contributed by atoms with Crippen LogP contribution in [0.2, 0.25) is 0 Å². The monoisotopic (exact) mass is 333 g/mol. The number of aromatic amines is 1. The van der Waals surface area contributed by atoms with Gasteiger partial charge in [-0.3, -0.25) is 8.86 Å². The molecule has 5 nitrogen and oxygen atoms in total. The minimum absolute atomic E-state index is 0.00249. The number of H-pyrrole nitrogens is 1. The third-order valence-electron chi connectivity index (χ3n) is 4.76. The van der Waals surface area contributed by atoms with Crippen molar-refractivity contribution in [2.75, 3.05) is 18.0 Å². The third-order valence-corrected chi connectivity index (χ3v) is 5.57. The standard InChI is InChI=1S/C17H23N3O2S/c1-4-20(23(21)22)14-7-6-10-19(11-14)16-9-5-8-15-17(16)12(2)13(3)18-15/h4-5,8-9,14,18H,1,6-7,10-11H2,2-3H3,(H,21,22)/t14-/m1/s1. The average Bonchev–Trinajstić information content (AvgIpc) is 2.83. The number of rotatable bonds is 4. The highest BCUT2D eigenvalue weighted by molar-refractivity contribution is 7.76. The van der Waals surface area contributed by atoms with Crippen LogP contribution in [-0.2, 0) is 11.3 Å². The van der Waals surface area contributed by atoms with Crippen molar-refractivity contribution >= 4 is 27.9 Å². The normalized spacial score (nSPS) is 19.8. The molecule has 1 aromatic heterocycles. The van der Waals surface area contributed by atoms with E-state index in [0.29, 0.717) is 0 Å². The van der Waals surface area contributed by atoms with Gasteiger partial charge in [-0.15, -0.1) is 0 Å². The van der Waals surface area contributed by atoms with E-state index in [1.54, 1.807) is 0 Å². The Labute approximate surface area is 139 Å². The van der Waals surface area contributed by atoms with Gasteiger partial charge in [-0.05, 0) is 44.4 Å². The molecule has 2 atom stereocenters. The Bertz CT molecular complexity index is 756. The maximum atomic E-state index is 11.5. The molecule has 1 unspecified atom stereocenters. The molecule has 23 heavy (non-hydrogen) atoms. The maximum absolute atomic E-state index is 11.5. The van der Waals surface area contributed by atoms with E-state index in [-0.39, 0.29) is 6.04 Å². The van der Waals surface area contributed by atoms with Crippen molar-refractivity contribution in [3.63, 3.8) is 0 Å². The number of anilines is 1. The van der Waals surface area contributed by atoms with E-state index in [9.17, 15) is 8.76 Å². The van der Waals surface area contributed by atoms with Crippen LogP contribution in [0.5, 0.6) is 0 Å². The van der Waals surface area contributed by atoms with E-state index in [2.05, 4.69) is 48.5 Å². The van der Waals surface area contributed by atoms with E-state index >= 15 is 0 Å². The summed E-state index contributed by atoms with van der Waals surface area (Å²) in [5.41, 5.74) is 4.79. The number of aryl methyl sites for hydroxylation is 2. The fraction of sp³-hybridized carbons (Fsp3) is 0.412. The molecule has 2 aromatic rings. The van der Waals surface area contributed by atoms with Gasteiger partial charge in [-0.25, -0.2) is 4.21 Å². The van der Waals surface area contributed by atoms with Gasteiger partial charge < -0.3 is 9.88 Å². The number of benzene rings is 1. The highest BCUT2D eigenvalue weighted by atomic mass is 32.2. The lowest BCUT2D eigenvalue weighted by Gasteiger charge is -2.38. The van der Waals surface area contributed by atoms with Crippen LogP contribution in [0.15, 0.2) is 31.0 Å². The Hall–Kier alpha value is -1.79. The Morgan fingerprint density at radius 3 is 2.96 bits per heavy atom. The van der Waals surface area contributed by atoms with E-state index in [0.717, 1.165) is 31.4 Å². The highest BCUT2D eigenvalue weighted by Crippen LogP contribution is 2.33. The second-order valence-corrected chi connectivity index (χ2v) is 6.97. The second kappa shape index (κ2) is 6.37. The minimum Gasteiger partial charge on any atom is -0.369 e. The van der Waals surface area contributed by atoms with E-state index in [1.807, 2.05) is 0 Å². The maximum Gasteiger partial charge on any atom is 0.261 e. The van der Waals surface area contributed by atoms with Crippen LogP contribution in [0.3, 0.4) is 0 Å². The van der Waals surface area contributed by atoms with Gasteiger partial charge in [-0.1, -0.05) is 12.6 Å². The van der Waals surface area contributed by atoms with Crippen LogP contribution in [0.4, 0.5) is 5.69 Å². The van der Waals surface area contributed by atoms with E-state index in [1.165, 1.54) is 32.8 Å². The first-order valence-electron chi connectivity index (χ1n) is 7.87. The molecule has 0 amide bonds. The van der Waals surface area contributed by atoms with Crippen LogP contribution in [0, 0.1) is 13.8 Å². The van der Waals surface area contributed by atoms with Crippen LogP contribution in [-0.4, -0.2) is 37.2 Å². The Kier molecular flexibility index (Phi) is 4.46. The third kappa shape index (κ3) is 2.88. The summed E-state index contributed by atoms with van der Waals surface area (Å²) in [6.07, 6.45) is 3.36. The quantitative estimate of drug-likeness (QED) is 0.844. The van der Waals surface area contributed by atoms with Gasteiger partial charge in [0.25, 0.3) is 11.3 Å². The largest absolute Gasteiger partial charge is 0.369 e. The van der Waals surface area contributed by atoms with Crippen LogP contribution in [0.1, 0.15) is 24.1 Å². The molecule has 2 N–H and O–H groups in total. The van der Waals surface area contributed by atoms with Gasteiger partial charge in [0.2, 0.25) is 0 Å². The summed E-state index contributed by atoms with van der Waals surface area (Å²) in [5, 5.41) is 1.25. The molecule has 0 spiro atoms. The van der Waals surface area contributed by atoms with Crippen LogP contribution >= 0.6 is 0 Å². The van der Waals surface area contributed by atoms with Crippen molar-refractivity contribution in [2.24, 2.45) is 0 Å². The summed E-state index contributed by atoms with van der Waals surface area (Å²) >= 11 is -2.02. The number of aromatic nitrogens is 1. The molecule has 3 rings (SSSR count). The Balaban J connectivity index is 1.96. The summed E-state index contributed by atoms with van der Waals surface area (Å²) < 4.78 is 22.4. The zero-order chi connectivity index (χ0) is 16.6. The van der Waals surface area contributed by atoms with Gasteiger partial charge in [0.15, 0.2) is 0 Å². The molecule has 0 radical (unpaired) electrons. The molecule has 1 aliphatic rings. The first-order valence-corrected chi connectivity index (χ1v) is 8.94. The number of nitrogens with one attached hydrogen (secondary N) is 1. The number of fused-ring (bicyclic) bond motifs is 1. The topological polar surface area (TPSA) is 59.6 Å². The average molecular weight is 333 g/mol. The van der Waals surface area contributed by atoms with Crippen molar-refractivity contribution in [3.8, 4) is 0 Å². The summed E-state index contributed by atoms with van der Waals surface area (Å²) in [6.45, 7) is 9.58. The first-order chi connectivity index (χ1) is 11.0. The summed E-state index contributed by atoms with van der Waals surface area (Å²) in [6, 6.07) is 6.30. The zero-order valence-corrected chi connectivity index (χ0v) is 14.4. The molecule has 1 saturated heterocycles. The summed E-state index contributed by atoms with van der Waals surface area (Å²) in [5.74, 6) is 0. The van der Waals surface area contributed by atoms with E-state index < -0.39 is 11.3 Å². The molecular weight excluding hydrogens is 310 g/mol. The fourth-order valence-corrected chi connectivity index (χ4v) is 4.06.